The average Bonchev–Trinajstić information content (AvgIpc) is 3.32. The molecule has 1 aliphatic heterocycles. The lowest BCUT2D eigenvalue weighted by Crippen LogP contribution is -2.34. The van der Waals surface area contributed by atoms with Crippen molar-refractivity contribution in [1.82, 2.24) is 9.99 Å². The Morgan fingerprint density at radius 3 is 2.50 bits per heavy atom. The summed E-state index contributed by atoms with van der Waals surface area (Å²) in [5.41, 5.74) is 9.54. The van der Waals surface area contributed by atoms with Crippen LogP contribution in [0, 0.1) is 10.1 Å². The maximum Gasteiger partial charge on any atom is 0.412 e. The number of nitrogens with one attached hydrogen (secondary N) is 2. The highest BCUT2D eigenvalue weighted by Crippen LogP contribution is 2.33. The monoisotopic (exact) mass is 566 g/mol. The minimum Gasteiger partial charge on any atom is -0.444 e. The van der Waals surface area contributed by atoms with Gasteiger partial charge in [0.2, 0.25) is 0 Å². The van der Waals surface area contributed by atoms with E-state index in [-0.39, 0.29) is 11.5 Å². The van der Waals surface area contributed by atoms with E-state index < -0.39 is 34.1 Å². The summed E-state index contributed by atoms with van der Waals surface area (Å²) < 4.78 is 6.73. The van der Waals surface area contributed by atoms with Gasteiger partial charge in [-0.15, -0.1) is 0 Å². The SMILES string of the molecule is CC(C)(C)OC(=O)Nc1ccc(Cl)cc1-c1cc2n(c(=O)c1)C(C(=O)NN=C(N)c1ccc([N+](=O)[O-])cc1)CC2. The Hall–Kier alpha value is -4.71. The van der Waals surface area contributed by atoms with Crippen molar-refractivity contribution in [2.45, 2.75) is 45.3 Å². The van der Waals surface area contributed by atoms with Gasteiger partial charge in [-0.2, -0.15) is 5.10 Å². The summed E-state index contributed by atoms with van der Waals surface area (Å²) in [5, 5.41) is 17.8. The van der Waals surface area contributed by atoms with Gasteiger partial charge < -0.3 is 15.0 Å². The molecular formula is C27H27ClN6O6. The number of carbonyl (C=O) groups excluding carboxylic acids is 2. The average molecular weight is 567 g/mol. The number of nitrogens with zero attached hydrogens (tertiary/aromatic N) is 3. The van der Waals surface area contributed by atoms with E-state index in [0.717, 1.165) is 0 Å². The van der Waals surface area contributed by atoms with E-state index in [1.807, 2.05) is 0 Å². The fourth-order valence-electron chi connectivity index (χ4n) is 4.28. The van der Waals surface area contributed by atoms with Crippen molar-refractivity contribution in [1.29, 1.82) is 0 Å². The molecule has 13 heteroatoms. The van der Waals surface area contributed by atoms with Crippen molar-refractivity contribution in [2.75, 3.05) is 5.32 Å². The Balaban J connectivity index is 1.55. The molecule has 12 nitrogen and oxygen atoms in total. The number of hydrogen-bond acceptors (Lipinski definition) is 7. The number of amidine groups is 1. The minimum atomic E-state index is -0.816. The van der Waals surface area contributed by atoms with Gasteiger partial charge in [0.05, 0.1) is 10.6 Å². The molecule has 0 saturated heterocycles. The number of aryl methyl sites for hydroxylation is 1. The molecule has 0 fully saturated rings. The zero-order chi connectivity index (χ0) is 29.2. The molecule has 0 bridgehead atoms. The molecule has 2 aromatic carbocycles. The van der Waals surface area contributed by atoms with E-state index in [0.29, 0.717) is 45.9 Å². The number of fused-ring (bicyclic) bond motifs is 1. The summed E-state index contributed by atoms with van der Waals surface area (Å²) in [6.07, 6.45) is 0.146. The van der Waals surface area contributed by atoms with Gasteiger partial charge in [-0.25, -0.2) is 10.2 Å². The van der Waals surface area contributed by atoms with Gasteiger partial charge in [0.15, 0.2) is 5.84 Å². The van der Waals surface area contributed by atoms with E-state index >= 15 is 0 Å². The molecule has 3 aromatic rings. The van der Waals surface area contributed by atoms with Crippen LogP contribution in [0.15, 0.2) is 64.5 Å². The molecule has 0 radical (unpaired) electrons. The summed E-state index contributed by atoms with van der Waals surface area (Å²) in [6.45, 7) is 5.25. The number of hydrazone groups is 1. The van der Waals surface area contributed by atoms with Gasteiger partial charge in [-0.05, 0) is 75.6 Å². The molecule has 2 amide bonds. The number of non-ortho nitro benzene ring substituents is 1. The van der Waals surface area contributed by atoms with Crippen molar-refractivity contribution in [3.63, 3.8) is 0 Å². The van der Waals surface area contributed by atoms with Crippen LogP contribution in [0.3, 0.4) is 0 Å². The van der Waals surface area contributed by atoms with Crippen molar-refractivity contribution in [3.8, 4) is 11.1 Å². The molecule has 40 heavy (non-hydrogen) atoms. The van der Waals surface area contributed by atoms with Crippen molar-refractivity contribution >= 4 is 40.8 Å². The third kappa shape index (κ3) is 6.46. The van der Waals surface area contributed by atoms with Crippen LogP contribution in [0.5, 0.6) is 0 Å². The van der Waals surface area contributed by atoms with E-state index in [4.69, 9.17) is 22.1 Å². The van der Waals surface area contributed by atoms with E-state index in [1.165, 1.54) is 34.9 Å². The van der Waals surface area contributed by atoms with Gasteiger partial charge >= 0.3 is 6.09 Å². The molecule has 2 heterocycles. The van der Waals surface area contributed by atoms with Crippen LogP contribution in [0.4, 0.5) is 16.2 Å². The highest BCUT2D eigenvalue weighted by molar-refractivity contribution is 6.31. The number of nitro groups is 1. The molecule has 0 saturated carbocycles. The molecular weight excluding hydrogens is 540 g/mol. The summed E-state index contributed by atoms with van der Waals surface area (Å²) in [5.74, 6) is -0.580. The second-order valence-electron chi connectivity index (χ2n) is 10.1. The summed E-state index contributed by atoms with van der Waals surface area (Å²) in [6, 6.07) is 12.6. The lowest BCUT2D eigenvalue weighted by atomic mass is 10.0. The number of pyridine rings is 1. The normalized spacial score (nSPS) is 14.8. The molecule has 1 aromatic heterocycles. The van der Waals surface area contributed by atoms with Gasteiger partial charge in [-0.3, -0.25) is 25.0 Å². The second-order valence-corrected chi connectivity index (χ2v) is 10.5. The maximum absolute atomic E-state index is 13.2. The summed E-state index contributed by atoms with van der Waals surface area (Å²) >= 11 is 6.22. The van der Waals surface area contributed by atoms with Crippen LogP contribution in [0.25, 0.3) is 11.1 Å². The van der Waals surface area contributed by atoms with E-state index in [1.54, 1.807) is 45.0 Å². The lowest BCUT2D eigenvalue weighted by molar-refractivity contribution is -0.384. The number of carbonyl (C=O) groups is 2. The maximum atomic E-state index is 13.2. The summed E-state index contributed by atoms with van der Waals surface area (Å²) in [4.78, 5) is 48.8. The predicted molar refractivity (Wildman–Crippen MR) is 150 cm³/mol. The van der Waals surface area contributed by atoms with Gasteiger partial charge in [-0.1, -0.05) is 11.6 Å². The first-order valence-corrected chi connectivity index (χ1v) is 12.6. The second kappa shape index (κ2) is 11.2. The molecule has 1 atom stereocenters. The fraction of sp³-hybridized carbons (Fsp3) is 0.259. The number of rotatable bonds is 6. The zero-order valence-electron chi connectivity index (χ0n) is 21.9. The number of nitro benzene ring substituents is 1. The van der Waals surface area contributed by atoms with Crippen molar-refractivity contribution < 1.29 is 19.2 Å². The lowest BCUT2D eigenvalue weighted by Gasteiger charge is -2.21. The number of amides is 2. The molecule has 0 spiro atoms. The Kier molecular flexibility index (Phi) is 7.91. The number of benzene rings is 2. The first kappa shape index (κ1) is 28.3. The quantitative estimate of drug-likeness (QED) is 0.172. The van der Waals surface area contributed by atoms with Gasteiger partial charge in [0, 0.05) is 40.0 Å². The first-order chi connectivity index (χ1) is 18.8. The van der Waals surface area contributed by atoms with Gasteiger partial charge in [0.25, 0.3) is 17.2 Å². The van der Waals surface area contributed by atoms with Crippen LogP contribution in [-0.2, 0) is 16.0 Å². The minimum absolute atomic E-state index is 0.0462. The van der Waals surface area contributed by atoms with Crippen molar-refractivity contribution in [2.24, 2.45) is 10.8 Å². The molecule has 1 unspecified atom stereocenters. The van der Waals surface area contributed by atoms with Crippen LogP contribution in [-0.4, -0.2) is 32.9 Å². The first-order valence-electron chi connectivity index (χ1n) is 12.3. The third-order valence-corrected chi connectivity index (χ3v) is 6.26. The van der Waals surface area contributed by atoms with Crippen molar-refractivity contribution in [3.05, 3.63) is 91.3 Å². The van der Waals surface area contributed by atoms with Gasteiger partial charge in [0.1, 0.15) is 11.6 Å². The molecule has 4 rings (SSSR count). The highest BCUT2D eigenvalue weighted by Gasteiger charge is 2.30. The van der Waals surface area contributed by atoms with Crippen LogP contribution >= 0.6 is 11.6 Å². The predicted octanol–water partition coefficient (Wildman–Crippen LogP) is 4.35. The highest BCUT2D eigenvalue weighted by atomic mass is 35.5. The number of anilines is 1. The summed E-state index contributed by atoms with van der Waals surface area (Å²) in [7, 11) is 0. The zero-order valence-corrected chi connectivity index (χ0v) is 22.7. The third-order valence-electron chi connectivity index (χ3n) is 6.02. The molecule has 1 aliphatic rings. The number of aromatic nitrogens is 1. The molecule has 208 valence electrons. The van der Waals surface area contributed by atoms with E-state index in [2.05, 4.69) is 15.8 Å². The topological polar surface area (TPSA) is 171 Å². The van der Waals surface area contributed by atoms with Crippen LogP contribution in [0.2, 0.25) is 5.02 Å². The number of hydrogen-bond donors (Lipinski definition) is 3. The Labute approximate surface area is 233 Å². The fourth-order valence-corrected chi connectivity index (χ4v) is 4.46. The van der Waals surface area contributed by atoms with Crippen LogP contribution in [0.1, 0.15) is 44.5 Å². The number of ether oxygens (including phenoxy) is 1. The number of nitrogens with two attached hydrogens (primary N) is 1. The Morgan fingerprint density at radius 2 is 1.85 bits per heavy atom. The largest absolute Gasteiger partial charge is 0.444 e. The number of halogens is 1. The smallest absolute Gasteiger partial charge is 0.412 e. The Morgan fingerprint density at radius 1 is 1.15 bits per heavy atom. The Bertz CT molecular complexity index is 1580. The van der Waals surface area contributed by atoms with E-state index in [9.17, 15) is 24.5 Å². The standard InChI is InChI=1S/C27H27ClN6O6/c1-27(2,3)40-26(37)30-21-10-6-17(28)14-20(21)16-12-19-9-11-22(33(19)23(35)13-16)25(36)32-31-24(29)15-4-7-18(8-5-15)34(38)39/h4-8,10,12-14,22H,9,11H2,1-3H3,(H2,29,31)(H,30,37)(H,32,36). The van der Waals surface area contributed by atoms with Crippen LogP contribution < -0.4 is 22.0 Å². The molecule has 0 aliphatic carbocycles. The molecule has 4 N–H and O–H groups in total.